The standard InChI is InChI=1S/C18H30O4/c1-4-9-21-17-8-7-15(12-18(17)22-10-5-2)14(6-3)11-16(20)13-19/h7-8,12,14,16,19-20H,4-6,9-11,13H2,1-3H3. The van der Waals surface area contributed by atoms with Crippen LogP contribution in [-0.2, 0) is 0 Å². The highest BCUT2D eigenvalue weighted by Gasteiger charge is 2.17. The molecular formula is C18H30O4. The summed E-state index contributed by atoms with van der Waals surface area (Å²) < 4.78 is 11.6. The predicted molar refractivity (Wildman–Crippen MR) is 88.8 cm³/mol. The first-order valence-corrected chi connectivity index (χ1v) is 8.34. The lowest BCUT2D eigenvalue weighted by atomic mass is 9.90. The zero-order chi connectivity index (χ0) is 16.4. The van der Waals surface area contributed by atoms with E-state index in [-0.39, 0.29) is 12.5 Å². The van der Waals surface area contributed by atoms with Gasteiger partial charge in [-0.3, -0.25) is 0 Å². The Morgan fingerprint density at radius 2 is 1.64 bits per heavy atom. The fourth-order valence-corrected chi connectivity index (χ4v) is 2.38. The van der Waals surface area contributed by atoms with E-state index in [2.05, 4.69) is 20.8 Å². The van der Waals surface area contributed by atoms with Crippen molar-refractivity contribution in [2.75, 3.05) is 19.8 Å². The lowest BCUT2D eigenvalue weighted by Gasteiger charge is -2.20. The number of benzene rings is 1. The maximum absolute atomic E-state index is 9.70. The highest BCUT2D eigenvalue weighted by Crippen LogP contribution is 2.34. The molecule has 0 aromatic heterocycles. The summed E-state index contributed by atoms with van der Waals surface area (Å²) in [6.45, 7) is 7.35. The van der Waals surface area contributed by atoms with Crippen LogP contribution in [0.3, 0.4) is 0 Å². The van der Waals surface area contributed by atoms with Crippen LogP contribution in [0.4, 0.5) is 0 Å². The van der Waals surface area contributed by atoms with Crippen molar-refractivity contribution >= 4 is 0 Å². The second-order valence-corrected chi connectivity index (χ2v) is 5.58. The summed E-state index contributed by atoms with van der Waals surface area (Å²) in [6.07, 6.45) is 2.67. The van der Waals surface area contributed by atoms with Crippen LogP contribution in [0.2, 0.25) is 0 Å². The Balaban J connectivity index is 2.94. The molecule has 0 aliphatic heterocycles. The van der Waals surface area contributed by atoms with Gasteiger partial charge in [0, 0.05) is 0 Å². The van der Waals surface area contributed by atoms with Gasteiger partial charge in [-0.15, -0.1) is 0 Å². The zero-order valence-electron chi connectivity index (χ0n) is 14.0. The van der Waals surface area contributed by atoms with Crippen molar-refractivity contribution in [1.29, 1.82) is 0 Å². The Labute approximate surface area is 134 Å². The molecule has 2 atom stereocenters. The number of rotatable bonds is 11. The second kappa shape index (κ2) is 10.5. The van der Waals surface area contributed by atoms with Gasteiger partial charge in [0.2, 0.25) is 0 Å². The minimum atomic E-state index is -0.680. The molecule has 0 fully saturated rings. The summed E-state index contributed by atoms with van der Waals surface area (Å²) in [5.74, 6) is 1.74. The number of ether oxygens (including phenoxy) is 2. The summed E-state index contributed by atoms with van der Waals surface area (Å²) >= 11 is 0. The van der Waals surface area contributed by atoms with Gasteiger partial charge in [-0.05, 0) is 49.3 Å². The largest absolute Gasteiger partial charge is 0.490 e. The molecule has 1 aromatic carbocycles. The highest BCUT2D eigenvalue weighted by molar-refractivity contribution is 5.44. The van der Waals surface area contributed by atoms with E-state index in [4.69, 9.17) is 14.6 Å². The summed E-state index contributed by atoms with van der Waals surface area (Å²) in [5, 5.41) is 18.7. The maximum Gasteiger partial charge on any atom is 0.161 e. The van der Waals surface area contributed by atoms with Crippen molar-refractivity contribution in [3.05, 3.63) is 23.8 Å². The molecule has 126 valence electrons. The molecule has 0 aliphatic carbocycles. The number of hydrogen-bond acceptors (Lipinski definition) is 4. The van der Waals surface area contributed by atoms with Gasteiger partial charge in [-0.25, -0.2) is 0 Å². The van der Waals surface area contributed by atoms with E-state index in [0.717, 1.165) is 36.3 Å². The third-order valence-corrected chi connectivity index (χ3v) is 3.62. The molecule has 2 N–H and O–H groups in total. The first-order chi connectivity index (χ1) is 10.7. The Morgan fingerprint density at radius 3 is 2.18 bits per heavy atom. The van der Waals surface area contributed by atoms with Gasteiger partial charge in [0.05, 0.1) is 25.9 Å². The molecule has 0 amide bonds. The van der Waals surface area contributed by atoms with Crippen molar-refractivity contribution in [3.8, 4) is 11.5 Å². The topological polar surface area (TPSA) is 58.9 Å². The summed E-state index contributed by atoms with van der Waals surface area (Å²) in [5.41, 5.74) is 1.12. The van der Waals surface area contributed by atoms with Gasteiger partial charge in [0.25, 0.3) is 0 Å². The van der Waals surface area contributed by atoms with Crippen molar-refractivity contribution in [2.45, 2.75) is 58.5 Å². The molecule has 0 saturated carbocycles. The van der Waals surface area contributed by atoms with Crippen LogP contribution in [0.5, 0.6) is 11.5 Å². The Bertz CT molecular complexity index is 420. The Hall–Kier alpha value is -1.26. The normalized spacial score (nSPS) is 13.7. The van der Waals surface area contributed by atoms with Crippen LogP contribution < -0.4 is 9.47 Å². The van der Waals surface area contributed by atoms with Crippen molar-refractivity contribution < 1.29 is 19.7 Å². The first kappa shape index (κ1) is 18.8. The highest BCUT2D eigenvalue weighted by atomic mass is 16.5. The molecular weight excluding hydrogens is 280 g/mol. The molecule has 1 aromatic rings. The predicted octanol–water partition coefficient (Wildman–Crippen LogP) is 3.50. The average Bonchev–Trinajstić information content (AvgIpc) is 2.55. The lowest BCUT2D eigenvalue weighted by Crippen LogP contribution is -2.16. The number of hydrogen-bond donors (Lipinski definition) is 2. The molecule has 1 rings (SSSR count). The molecule has 0 saturated heterocycles. The average molecular weight is 310 g/mol. The summed E-state index contributed by atoms with van der Waals surface area (Å²) in [7, 11) is 0. The molecule has 22 heavy (non-hydrogen) atoms. The van der Waals surface area contributed by atoms with Gasteiger partial charge in [0.15, 0.2) is 11.5 Å². The van der Waals surface area contributed by atoms with Crippen molar-refractivity contribution in [2.24, 2.45) is 0 Å². The van der Waals surface area contributed by atoms with Gasteiger partial charge in [0.1, 0.15) is 0 Å². The minimum Gasteiger partial charge on any atom is -0.490 e. The van der Waals surface area contributed by atoms with Crippen LogP contribution in [0, 0.1) is 0 Å². The van der Waals surface area contributed by atoms with Gasteiger partial charge >= 0.3 is 0 Å². The van der Waals surface area contributed by atoms with Crippen molar-refractivity contribution in [1.82, 2.24) is 0 Å². The molecule has 0 radical (unpaired) electrons. The first-order valence-electron chi connectivity index (χ1n) is 8.34. The number of aliphatic hydroxyl groups is 2. The second-order valence-electron chi connectivity index (χ2n) is 5.58. The minimum absolute atomic E-state index is 0.200. The van der Waals surface area contributed by atoms with E-state index in [9.17, 15) is 5.11 Å². The van der Waals surface area contributed by atoms with Gasteiger partial charge in [-0.1, -0.05) is 26.8 Å². The molecule has 4 nitrogen and oxygen atoms in total. The van der Waals surface area contributed by atoms with E-state index in [0.29, 0.717) is 19.6 Å². The monoisotopic (exact) mass is 310 g/mol. The maximum atomic E-state index is 9.70. The number of aliphatic hydroxyl groups excluding tert-OH is 2. The molecule has 0 aliphatic rings. The van der Waals surface area contributed by atoms with Crippen molar-refractivity contribution in [3.63, 3.8) is 0 Å². The van der Waals surface area contributed by atoms with E-state index < -0.39 is 6.10 Å². The van der Waals surface area contributed by atoms with E-state index >= 15 is 0 Å². The molecule has 0 spiro atoms. The Morgan fingerprint density at radius 1 is 1.00 bits per heavy atom. The van der Waals surface area contributed by atoms with Crippen LogP contribution in [-0.4, -0.2) is 36.1 Å². The molecule has 4 heteroatoms. The zero-order valence-corrected chi connectivity index (χ0v) is 14.0. The Kier molecular flexibility index (Phi) is 8.94. The fourth-order valence-electron chi connectivity index (χ4n) is 2.38. The molecule has 0 heterocycles. The van der Waals surface area contributed by atoms with Crippen LogP contribution in [0.1, 0.15) is 57.9 Å². The van der Waals surface area contributed by atoms with E-state index in [1.54, 1.807) is 0 Å². The third-order valence-electron chi connectivity index (χ3n) is 3.62. The molecule has 0 bridgehead atoms. The summed E-state index contributed by atoms with van der Waals surface area (Å²) in [4.78, 5) is 0. The van der Waals surface area contributed by atoms with Crippen LogP contribution in [0.15, 0.2) is 18.2 Å². The van der Waals surface area contributed by atoms with E-state index in [1.165, 1.54) is 0 Å². The quantitative estimate of drug-likeness (QED) is 0.657. The van der Waals surface area contributed by atoms with Gasteiger partial charge < -0.3 is 19.7 Å². The van der Waals surface area contributed by atoms with E-state index in [1.807, 2.05) is 18.2 Å². The SMILES string of the molecule is CCCOc1ccc(C(CC)CC(O)CO)cc1OCCC. The van der Waals surface area contributed by atoms with Crippen LogP contribution >= 0.6 is 0 Å². The molecule has 2 unspecified atom stereocenters. The van der Waals surface area contributed by atoms with Gasteiger partial charge in [-0.2, -0.15) is 0 Å². The van der Waals surface area contributed by atoms with Crippen LogP contribution in [0.25, 0.3) is 0 Å². The summed E-state index contributed by atoms with van der Waals surface area (Å²) in [6, 6.07) is 5.99. The lowest BCUT2D eigenvalue weighted by molar-refractivity contribution is 0.0817. The third kappa shape index (κ3) is 5.85. The smallest absolute Gasteiger partial charge is 0.161 e. The fraction of sp³-hybridized carbons (Fsp3) is 0.667.